The Hall–Kier alpha value is -0.570. The van der Waals surface area contributed by atoms with E-state index >= 15 is 0 Å². The van der Waals surface area contributed by atoms with Crippen LogP contribution in [0.25, 0.3) is 0 Å². The van der Waals surface area contributed by atoms with E-state index in [9.17, 15) is 4.79 Å². The van der Waals surface area contributed by atoms with Gasteiger partial charge in [-0.1, -0.05) is 19.3 Å². The number of hydrogen-bond donors (Lipinski definition) is 0. The van der Waals surface area contributed by atoms with Crippen molar-refractivity contribution in [3.63, 3.8) is 0 Å². The maximum Gasteiger partial charge on any atom is 0.306 e. The van der Waals surface area contributed by atoms with E-state index in [1.807, 2.05) is 6.92 Å². The topological polar surface area (TPSA) is 35.5 Å². The van der Waals surface area contributed by atoms with Gasteiger partial charge in [0.05, 0.1) is 6.61 Å². The van der Waals surface area contributed by atoms with Gasteiger partial charge in [-0.05, 0) is 25.7 Å². The monoisotopic (exact) mass is 214 g/mol. The molecule has 88 valence electrons. The fraction of sp³-hybridized carbons (Fsp3) is 0.917. The fourth-order valence-corrected chi connectivity index (χ4v) is 2.04. The van der Waals surface area contributed by atoms with Crippen LogP contribution in [0.4, 0.5) is 0 Å². The molecule has 1 aliphatic carbocycles. The molecule has 0 bridgehead atoms. The Bertz CT molecular complexity index is 174. The van der Waals surface area contributed by atoms with Crippen LogP contribution < -0.4 is 0 Å². The summed E-state index contributed by atoms with van der Waals surface area (Å²) in [5.41, 5.74) is 0. The Morgan fingerprint density at radius 1 is 1.20 bits per heavy atom. The van der Waals surface area contributed by atoms with Crippen molar-refractivity contribution in [2.24, 2.45) is 5.92 Å². The summed E-state index contributed by atoms with van der Waals surface area (Å²) in [6.07, 6.45) is 6.87. The zero-order valence-electron chi connectivity index (χ0n) is 9.67. The lowest BCUT2D eigenvalue weighted by Crippen LogP contribution is -2.16. The Balaban J connectivity index is 2.01. The van der Waals surface area contributed by atoms with Gasteiger partial charge < -0.3 is 9.47 Å². The maximum atomic E-state index is 11.4. The Labute approximate surface area is 92.1 Å². The van der Waals surface area contributed by atoms with Gasteiger partial charge in [-0.3, -0.25) is 4.79 Å². The summed E-state index contributed by atoms with van der Waals surface area (Å²) >= 11 is 0. The largest absolute Gasteiger partial charge is 0.463 e. The van der Waals surface area contributed by atoms with Crippen molar-refractivity contribution >= 4 is 5.97 Å². The molecule has 1 rings (SSSR count). The number of carbonyl (C=O) groups excluding carboxylic acids is 1. The first kappa shape index (κ1) is 12.5. The van der Waals surface area contributed by atoms with Crippen LogP contribution in [-0.2, 0) is 14.3 Å². The number of hydrogen-bond acceptors (Lipinski definition) is 3. The number of rotatable bonds is 6. The zero-order valence-corrected chi connectivity index (χ0v) is 9.67. The molecule has 0 aromatic rings. The molecular weight excluding hydrogens is 192 g/mol. The third-order valence-corrected chi connectivity index (χ3v) is 2.87. The van der Waals surface area contributed by atoms with E-state index in [1.54, 1.807) is 0 Å². The van der Waals surface area contributed by atoms with Gasteiger partial charge in [-0.25, -0.2) is 0 Å². The second kappa shape index (κ2) is 7.69. The van der Waals surface area contributed by atoms with Crippen molar-refractivity contribution in [1.29, 1.82) is 0 Å². The van der Waals surface area contributed by atoms with E-state index < -0.39 is 0 Å². The molecule has 0 aromatic heterocycles. The normalized spacial score (nSPS) is 17.7. The summed E-state index contributed by atoms with van der Waals surface area (Å²) < 4.78 is 10.2. The van der Waals surface area contributed by atoms with Gasteiger partial charge in [0.2, 0.25) is 0 Å². The molecule has 0 radical (unpaired) electrons. The molecule has 3 heteroatoms. The summed E-state index contributed by atoms with van der Waals surface area (Å²) in [5, 5.41) is 0. The number of ether oxygens (including phenoxy) is 2. The van der Waals surface area contributed by atoms with Crippen molar-refractivity contribution in [3.8, 4) is 0 Å². The highest BCUT2D eigenvalue weighted by molar-refractivity contribution is 5.69. The molecule has 0 aromatic carbocycles. The molecule has 0 amide bonds. The molecule has 1 saturated carbocycles. The van der Waals surface area contributed by atoms with Gasteiger partial charge in [0, 0.05) is 13.0 Å². The van der Waals surface area contributed by atoms with Crippen molar-refractivity contribution in [2.45, 2.75) is 45.4 Å². The first-order valence-corrected chi connectivity index (χ1v) is 6.06. The van der Waals surface area contributed by atoms with Crippen molar-refractivity contribution in [1.82, 2.24) is 0 Å². The summed E-state index contributed by atoms with van der Waals surface area (Å²) in [7, 11) is 0. The van der Waals surface area contributed by atoms with Crippen LogP contribution in [0.5, 0.6) is 0 Å². The molecule has 1 fully saturated rings. The van der Waals surface area contributed by atoms with E-state index in [0.29, 0.717) is 32.2 Å². The predicted molar refractivity (Wildman–Crippen MR) is 58.6 cm³/mol. The van der Waals surface area contributed by atoms with E-state index in [0.717, 1.165) is 0 Å². The minimum Gasteiger partial charge on any atom is -0.463 e. The van der Waals surface area contributed by atoms with Crippen LogP contribution in [0, 0.1) is 5.92 Å². The summed E-state index contributed by atoms with van der Waals surface area (Å²) in [6.45, 7) is 3.54. The molecule has 3 nitrogen and oxygen atoms in total. The van der Waals surface area contributed by atoms with E-state index in [4.69, 9.17) is 9.47 Å². The van der Waals surface area contributed by atoms with Crippen LogP contribution in [0.2, 0.25) is 0 Å². The molecule has 1 aliphatic rings. The lowest BCUT2D eigenvalue weighted by Gasteiger charge is -2.20. The summed E-state index contributed by atoms with van der Waals surface area (Å²) in [5.74, 6) is 0.514. The SMILES string of the molecule is CCOCCOC(=O)CC1CCCCC1. The molecular formula is C12H22O3. The second-order valence-electron chi connectivity index (χ2n) is 4.13. The quantitative estimate of drug-likeness (QED) is 0.503. The minimum atomic E-state index is -0.0541. The smallest absolute Gasteiger partial charge is 0.306 e. The van der Waals surface area contributed by atoms with Crippen molar-refractivity contribution < 1.29 is 14.3 Å². The van der Waals surface area contributed by atoms with E-state index in [2.05, 4.69) is 0 Å². The first-order valence-electron chi connectivity index (χ1n) is 6.06. The fourth-order valence-electron chi connectivity index (χ4n) is 2.04. The Morgan fingerprint density at radius 2 is 1.93 bits per heavy atom. The Kier molecular flexibility index (Phi) is 6.41. The van der Waals surface area contributed by atoms with Gasteiger partial charge >= 0.3 is 5.97 Å². The van der Waals surface area contributed by atoms with Crippen molar-refractivity contribution in [3.05, 3.63) is 0 Å². The second-order valence-corrected chi connectivity index (χ2v) is 4.13. The third kappa shape index (κ3) is 5.78. The van der Waals surface area contributed by atoms with Gasteiger partial charge in [-0.2, -0.15) is 0 Å². The highest BCUT2D eigenvalue weighted by Gasteiger charge is 2.17. The average molecular weight is 214 g/mol. The van der Waals surface area contributed by atoms with Gasteiger partial charge in [-0.15, -0.1) is 0 Å². The zero-order chi connectivity index (χ0) is 10.9. The average Bonchev–Trinajstić information content (AvgIpc) is 2.26. The molecule has 0 N–H and O–H groups in total. The Morgan fingerprint density at radius 3 is 2.60 bits per heavy atom. The minimum absolute atomic E-state index is 0.0541. The maximum absolute atomic E-state index is 11.4. The standard InChI is InChI=1S/C12H22O3/c1-2-14-8-9-15-12(13)10-11-6-4-3-5-7-11/h11H,2-10H2,1H3. The summed E-state index contributed by atoms with van der Waals surface area (Å²) in [6, 6.07) is 0. The van der Waals surface area contributed by atoms with E-state index in [1.165, 1.54) is 32.1 Å². The van der Waals surface area contributed by atoms with Gasteiger partial charge in [0.1, 0.15) is 6.61 Å². The van der Waals surface area contributed by atoms with Crippen LogP contribution in [0.3, 0.4) is 0 Å². The van der Waals surface area contributed by atoms with E-state index in [-0.39, 0.29) is 5.97 Å². The lowest BCUT2D eigenvalue weighted by atomic mass is 9.87. The van der Waals surface area contributed by atoms with Gasteiger partial charge in [0.25, 0.3) is 0 Å². The molecule has 0 aliphatic heterocycles. The molecule has 0 atom stereocenters. The highest BCUT2D eigenvalue weighted by Crippen LogP contribution is 2.26. The van der Waals surface area contributed by atoms with Crippen molar-refractivity contribution in [2.75, 3.05) is 19.8 Å². The van der Waals surface area contributed by atoms with Crippen LogP contribution in [0.15, 0.2) is 0 Å². The lowest BCUT2D eigenvalue weighted by molar-refractivity contribution is -0.146. The highest BCUT2D eigenvalue weighted by atomic mass is 16.6. The van der Waals surface area contributed by atoms with Crippen LogP contribution in [0.1, 0.15) is 45.4 Å². The molecule has 0 unspecified atom stereocenters. The molecule has 0 heterocycles. The molecule has 15 heavy (non-hydrogen) atoms. The predicted octanol–water partition coefficient (Wildman–Crippen LogP) is 2.54. The van der Waals surface area contributed by atoms with Crippen LogP contribution in [-0.4, -0.2) is 25.8 Å². The third-order valence-electron chi connectivity index (χ3n) is 2.87. The molecule has 0 saturated heterocycles. The number of esters is 1. The summed E-state index contributed by atoms with van der Waals surface area (Å²) in [4.78, 5) is 11.4. The van der Waals surface area contributed by atoms with Crippen LogP contribution >= 0.6 is 0 Å². The van der Waals surface area contributed by atoms with Gasteiger partial charge in [0.15, 0.2) is 0 Å². The molecule has 0 spiro atoms. The first-order chi connectivity index (χ1) is 7.33. The number of carbonyl (C=O) groups is 1.